The molecule has 1 rings (SSSR count). The molecule has 16 heavy (non-hydrogen) atoms. The van der Waals surface area contributed by atoms with E-state index in [2.05, 4.69) is 0 Å². The first-order valence-corrected chi connectivity index (χ1v) is 5.00. The third-order valence-electron chi connectivity index (χ3n) is 2.40. The van der Waals surface area contributed by atoms with Gasteiger partial charge in [0.2, 0.25) is 0 Å². The number of rotatable bonds is 5. The van der Waals surface area contributed by atoms with Crippen molar-refractivity contribution in [3.05, 3.63) is 23.8 Å². The fourth-order valence-corrected chi connectivity index (χ4v) is 1.43. The molecule has 0 aromatic heterocycles. The van der Waals surface area contributed by atoms with Crippen LogP contribution in [0.1, 0.15) is 18.1 Å². The van der Waals surface area contributed by atoms with E-state index in [1.807, 2.05) is 0 Å². The van der Waals surface area contributed by atoms with Crippen molar-refractivity contribution in [2.45, 2.75) is 18.6 Å². The normalized spacial score (nSPS) is 14.5. The monoisotopic (exact) mass is 227 g/mol. The van der Waals surface area contributed by atoms with Crippen LogP contribution in [-0.4, -0.2) is 35.1 Å². The molecule has 0 bridgehead atoms. The molecular weight excluding hydrogens is 210 g/mol. The fraction of sp³-hybridized carbons (Fsp3) is 0.455. The lowest BCUT2D eigenvalue weighted by Crippen LogP contribution is -2.20. The van der Waals surface area contributed by atoms with Gasteiger partial charge in [-0.2, -0.15) is 0 Å². The van der Waals surface area contributed by atoms with Crippen molar-refractivity contribution in [3.63, 3.8) is 0 Å². The molecule has 1 aromatic rings. The molecule has 90 valence electrons. The topological polar surface area (TPSA) is 95.9 Å². The van der Waals surface area contributed by atoms with E-state index in [0.29, 0.717) is 17.0 Å². The van der Waals surface area contributed by atoms with Crippen LogP contribution >= 0.6 is 0 Å². The second-order valence-corrected chi connectivity index (χ2v) is 3.52. The van der Waals surface area contributed by atoms with Crippen molar-refractivity contribution in [2.24, 2.45) is 0 Å². The molecule has 5 heteroatoms. The average molecular weight is 227 g/mol. The van der Waals surface area contributed by atoms with Crippen molar-refractivity contribution >= 4 is 5.69 Å². The third-order valence-corrected chi connectivity index (χ3v) is 2.40. The zero-order valence-corrected chi connectivity index (χ0v) is 9.13. The molecule has 0 aliphatic heterocycles. The lowest BCUT2D eigenvalue weighted by molar-refractivity contribution is 0.00452. The molecule has 2 unspecified atom stereocenters. The van der Waals surface area contributed by atoms with Crippen LogP contribution in [0.5, 0.6) is 5.75 Å². The van der Waals surface area contributed by atoms with E-state index < -0.39 is 12.2 Å². The Labute approximate surface area is 94.1 Å². The van der Waals surface area contributed by atoms with Gasteiger partial charge in [-0.05, 0) is 24.6 Å². The van der Waals surface area contributed by atoms with Gasteiger partial charge in [-0.3, -0.25) is 0 Å². The first-order valence-electron chi connectivity index (χ1n) is 5.00. The molecular formula is C11H17NO4. The van der Waals surface area contributed by atoms with Gasteiger partial charge in [-0.25, -0.2) is 0 Å². The molecule has 0 amide bonds. The summed E-state index contributed by atoms with van der Waals surface area (Å²) in [5.41, 5.74) is 6.47. The van der Waals surface area contributed by atoms with E-state index in [9.17, 15) is 10.2 Å². The molecule has 0 saturated carbocycles. The zero-order valence-electron chi connectivity index (χ0n) is 9.13. The molecule has 0 radical (unpaired) electrons. The van der Waals surface area contributed by atoms with Crippen molar-refractivity contribution < 1.29 is 20.1 Å². The van der Waals surface area contributed by atoms with Crippen LogP contribution in [0.25, 0.3) is 0 Å². The number of ether oxygens (including phenoxy) is 1. The standard InChI is InChI=1S/C11H17NO4/c1-16-7-2-3-9(12)8(6-7)11(15)10(14)4-5-13/h2-3,6,10-11,13-15H,4-5,12H2,1H3. The second kappa shape index (κ2) is 5.69. The summed E-state index contributed by atoms with van der Waals surface area (Å²) in [5, 5.41) is 28.1. The summed E-state index contributed by atoms with van der Waals surface area (Å²) >= 11 is 0. The number of hydrogen-bond donors (Lipinski definition) is 4. The Kier molecular flexibility index (Phi) is 4.54. The number of aliphatic hydroxyl groups is 3. The van der Waals surface area contributed by atoms with E-state index in [1.54, 1.807) is 18.2 Å². The Bertz CT molecular complexity index is 343. The summed E-state index contributed by atoms with van der Waals surface area (Å²) in [4.78, 5) is 0. The van der Waals surface area contributed by atoms with Gasteiger partial charge in [0.15, 0.2) is 0 Å². The average Bonchev–Trinajstić information content (AvgIpc) is 2.29. The molecule has 2 atom stereocenters. The molecule has 0 heterocycles. The lowest BCUT2D eigenvalue weighted by Gasteiger charge is -2.19. The van der Waals surface area contributed by atoms with E-state index in [-0.39, 0.29) is 13.0 Å². The van der Waals surface area contributed by atoms with Crippen LogP contribution < -0.4 is 10.5 Å². The molecule has 0 spiro atoms. The molecule has 5 N–H and O–H groups in total. The first-order chi connectivity index (χ1) is 7.60. The highest BCUT2D eigenvalue weighted by molar-refractivity contribution is 5.51. The number of hydrogen-bond acceptors (Lipinski definition) is 5. The minimum absolute atomic E-state index is 0.0951. The summed E-state index contributed by atoms with van der Waals surface area (Å²) in [7, 11) is 1.51. The van der Waals surface area contributed by atoms with E-state index in [0.717, 1.165) is 0 Å². The van der Waals surface area contributed by atoms with Crippen LogP contribution in [0.15, 0.2) is 18.2 Å². The fourth-order valence-electron chi connectivity index (χ4n) is 1.43. The van der Waals surface area contributed by atoms with Gasteiger partial charge >= 0.3 is 0 Å². The molecule has 0 saturated heterocycles. The van der Waals surface area contributed by atoms with Crippen LogP contribution in [0, 0.1) is 0 Å². The molecule has 0 aliphatic rings. The van der Waals surface area contributed by atoms with Gasteiger partial charge in [0, 0.05) is 17.9 Å². The summed E-state index contributed by atoms with van der Waals surface area (Å²) in [6, 6.07) is 4.84. The minimum Gasteiger partial charge on any atom is -0.497 e. The first kappa shape index (κ1) is 12.8. The van der Waals surface area contributed by atoms with E-state index in [1.165, 1.54) is 7.11 Å². The van der Waals surface area contributed by atoms with Crippen molar-refractivity contribution in [3.8, 4) is 5.75 Å². The molecule has 5 nitrogen and oxygen atoms in total. The Morgan fingerprint density at radius 3 is 2.62 bits per heavy atom. The van der Waals surface area contributed by atoms with Gasteiger partial charge in [0.25, 0.3) is 0 Å². The van der Waals surface area contributed by atoms with Crippen molar-refractivity contribution in [1.82, 2.24) is 0 Å². The Morgan fingerprint density at radius 1 is 1.38 bits per heavy atom. The minimum atomic E-state index is -1.12. The highest BCUT2D eigenvalue weighted by atomic mass is 16.5. The van der Waals surface area contributed by atoms with E-state index in [4.69, 9.17) is 15.6 Å². The molecule has 0 fully saturated rings. The SMILES string of the molecule is COc1ccc(N)c(C(O)C(O)CCO)c1. The van der Waals surface area contributed by atoms with Crippen LogP contribution in [0.4, 0.5) is 5.69 Å². The van der Waals surface area contributed by atoms with E-state index >= 15 is 0 Å². The predicted molar refractivity (Wildman–Crippen MR) is 60.1 cm³/mol. The van der Waals surface area contributed by atoms with Crippen molar-refractivity contribution in [1.29, 1.82) is 0 Å². The Balaban J connectivity index is 2.92. The molecule has 0 aliphatic carbocycles. The quantitative estimate of drug-likeness (QED) is 0.533. The predicted octanol–water partition coefficient (Wildman–Crippen LogP) is 0.0541. The van der Waals surface area contributed by atoms with Gasteiger partial charge in [-0.15, -0.1) is 0 Å². The van der Waals surface area contributed by atoms with Gasteiger partial charge in [-0.1, -0.05) is 0 Å². The van der Waals surface area contributed by atoms with Gasteiger partial charge in [0.1, 0.15) is 11.9 Å². The Morgan fingerprint density at radius 2 is 2.06 bits per heavy atom. The maximum Gasteiger partial charge on any atom is 0.119 e. The maximum absolute atomic E-state index is 9.82. The zero-order chi connectivity index (χ0) is 12.1. The summed E-state index contributed by atoms with van der Waals surface area (Å²) in [5.74, 6) is 0.555. The smallest absolute Gasteiger partial charge is 0.119 e. The Hall–Kier alpha value is -1.30. The molecule has 1 aromatic carbocycles. The maximum atomic E-state index is 9.82. The van der Waals surface area contributed by atoms with Crippen LogP contribution in [0.3, 0.4) is 0 Å². The number of anilines is 1. The van der Waals surface area contributed by atoms with Crippen LogP contribution in [-0.2, 0) is 0 Å². The van der Waals surface area contributed by atoms with Gasteiger partial charge < -0.3 is 25.8 Å². The highest BCUT2D eigenvalue weighted by Crippen LogP contribution is 2.28. The number of methoxy groups -OCH3 is 1. The lowest BCUT2D eigenvalue weighted by atomic mass is 10.0. The number of aliphatic hydroxyl groups excluding tert-OH is 3. The second-order valence-electron chi connectivity index (χ2n) is 3.52. The number of nitrogens with two attached hydrogens (primary N) is 1. The summed E-state index contributed by atoms with van der Waals surface area (Å²) in [6.07, 6.45) is -2.07. The third kappa shape index (κ3) is 2.85. The van der Waals surface area contributed by atoms with Crippen LogP contribution in [0.2, 0.25) is 0 Å². The highest BCUT2D eigenvalue weighted by Gasteiger charge is 2.20. The van der Waals surface area contributed by atoms with Crippen molar-refractivity contribution in [2.75, 3.05) is 19.5 Å². The summed E-state index contributed by atoms with van der Waals surface area (Å²) in [6.45, 7) is -0.192. The largest absolute Gasteiger partial charge is 0.497 e. The number of nitrogen functional groups attached to an aromatic ring is 1. The van der Waals surface area contributed by atoms with Gasteiger partial charge in [0.05, 0.1) is 13.2 Å². The summed E-state index contributed by atoms with van der Waals surface area (Å²) < 4.78 is 5.00. The number of benzene rings is 1.